The number of rotatable bonds is 2. The van der Waals surface area contributed by atoms with E-state index < -0.39 is 0 Å². The fraction of sp³-hybridized carbons (Fsp3) is 0.818. The molecule has 0 aromatic heterocycles. The second kappa shape index (κ2) is 5.22. The number of hydrogen-bond donors (Lipinski definition) is 1. The van der Waals surface area contributed by atoms with Crippen molar-refractivity contribution in [3.8, 4) is 12.3 Å². The van der Waals surface area contributed by atoms with Gasteiger partial charge in [0.1, 0.15) is 0 Å². The topological polar surface area (TPSA) is 12.0 Å². The maximum atomic E-state index is 5.35. The normalized spacial score (nSPS) is 30.7. The van der Waals surface area contributed by atoms with E-state index in [-0.39, 0.29) is 0 Å². The minimum atomic E-state index is 0.670. The molecule has 1 heteroatoms. The van der Waals surface area contributed by atoms with Gasteiger partial charge in [-0.1, -0.05) is 19.3 Å². The van der Waals surface area contributed by atoms with Crippen LogP contribution in [0.3, 0.4) is 0 Å². The molecule has 0 radical (unpaired) electrons. The third kappa shape index (κ3) is 2.53. The van der Waals surface area contributed by atoms with Crippen LogP contribution >= 0.6 is 0 Å². The van der Waals surface area contributed by atoms with Crippen LogP contribution in [0, 0.1) is 18.3 Å². The van der Waals surface area contributed by atoms with E-state index in [2.05, 4.69) is 18.3 Å². The molecule has 0 heterocycles. The lowest BCUT2D eigenvalue weighted by Gasteiger charge is -2.22. The van der Waals surface area contributed by atoms with Crippen molar-refractivity contribution >= 4 is 0 Å². The Labute approximate surface area is 75.9 Å². The highest BCUT2D eigenvalue weighted by molar-refractivity contribution is 4.91. The summed E-state index contributed by atoms with van der Waals surface area (Å²) in [6, 6.07) is 0.670. The highest BCUT2D eigenvalue weighted by Gasteiger charge is 2.20. The Morgan fingerprint density at radius 2 is 2.08 bits per heavy atom. The largest absolute Gasteiger partial charge is 0.317 e. The van der Waals surface area contributed by atoms with Crippen LogP contribution in [-0.2, 0) is 0 Å². The van der Waals surface area contributed by atoms with Crippen molar-refractivity contribution in [1.82, 2.24) is 5.32 Å². The fourth-order valence-corrected chi connectivity index (χ4v) is 2.16. The summed E-state index contributed by atoms with van der Waals surface area (Å²) in [4.78, 5) is 0. The Morgan fingerprint density at radius 3 is 2.75 bits per heavy atom. The first kappa shape index (κ1) is 9.61. The van der Waals surface area contributed by atoms with Crippen LogP contribution in [-0.4, -0.2) is 13.1 Å². The Balaban J connectivity index is 2.46. The van der Waals surface area contributed by atoms with Crippen molar-refractivity contribution in [2.24, 2.45) is 5.92 Å². The number of terminal acetylenes is 1. The average molecular weight is 165 g/mol. The summed E-state index contributed by atoms with van der Waals surface area (Å²) < 4.78 is 0. The van der Waals surface area contributed by atoms with E-state index in [4.69, 9.17) is 6.42 Å². The van der Waals surface area contributed by atoms with Gasteiger partial charge in [-0.3, -0.25) is 0 Å². The van der Waals surface area contributed by atoms with Crippen LogP contribution in [0.4, 0.5) is 0 Å². The molecule has 2 atom stereocenters. The molecule has 1 fully saturated rings. The molecule has 0 saturated heterocycles. The van der Waals surface area contributed by atoms with Gasteiger partial charge in [-0.2, -0.15) is 0 Å². The summed E-state index contributed by atoms with van der Waals surface area (Å²) in [5, 5.41) is 3.38. The van der Waals surface area contributed by atoms with Crippen LogP contribution in [0.25, 0.3) is 0 Å². The van der Waals surface area contributed by atoms with E-state index in [1.54, 1.807) is 0 Å². The summed E-state index contributed by atoms with van der Waals surface area (Å²) in [5.74, 6) is 3.51. The first-order chi connectivity index (χ1) is 5.88. The Kier molecular flexibility index (Phi) is 4.18. The maximum absolute atomic E-state index is 5.35. The summed E-state index contributed by atoms with van der Waals surface area (Å²) in [5.41, 5.74) is 0. The molecule has 2 unspecified atom stereocenters. The predicted molar refractivity (Wildman–Crippen MR) is 52.9 cm³/mol. The first-order valence-electron chi connectivity index (χ1n) is 4.99. The SMILES string of the molecule is C#CCC1CCCCCC1NC. The quantitative estimate of drug-likeness (QED) is 0.488. The van der Waals surface area contributed by atoms with Gasteiger partial charge in [-0.25, -0.2) is 0 Å². The highest BCUT2D eigenvalue weighted by atomic mass is 14.9. The van der Waals surface area contributed by atoms with Gasteiger partial charge in [0.25, 0.3) is 0 Å². The van der Waals surface area contributed by atoms with E-state index >= 15 is 0 Å². The van der Waals surface area contributed by atoms with Crippen molar-refractivity contribution in [3.05, 3.63) is 0 Å². The van der Waals surface area contributed by atoms with Crippen LogP contribution < -0.4 is 5.32 Å². The molecule has 1 nitrogen and oxygen atoms in total. The van der Waals surface area contributed by atoms with Gasteiger partial charge in [-0.15, -0.1) is 12.3 Å². The summed E-state index contributed by atoms with van der Waals surface area (Å²) in [6.45, 7) is 0. The van der Waals surface area contributed by atoms with Gasteiger partial charge >= 0.3 is 0 Å². The monoisotopic (exact) mass is 165 g/mol. The van der Waals surface area contributed by atoms with E-state index in [1.807, 2.05) is 0 Å². The molecular weight excluding hydrogens is 146 g/mol. The Hall–Kier alpha value is -0.480. The molecule has 0 aromatic rings. The lowest BCUT2D eigenvalue weighted by atomic mass is 9.92. The van der Waals surface area contributed by atoms with Crippen LogP contribution in [0.2, 0.25) is 0 Å². The first-order valence-corrected chi connectivity index (χ1v) is 4.99. The van der Waals surface area contributed by atoms with Crippen molar-refractivity contribution < 1.29 is 0 Å². The van der Waals surface area contributed by atoms with Crippen molar-refractivity contribution in [2.75, 3.05) is 7.05 Å². The van der Waals surface area contributed by atoms with Gasteiger partial charge in [0, 0.05) is 12.5 Å². The van der Waals surface area contributed by atoms with Gasteiger partial charge < -0.3 is 5.32 Å². The molecule has 0 aromatic carbocycles. The average Bonchev–Trinajstić information content (AvgIpc) is 2.30. The predicted octanol–water partition coefficient (Wildman–Crippen LogP) is 2.18. The summed E-state index contributed by atoms with van der Waals surface area (Å²) >= 11 is 0. The molecule has 1 saturated carbocycles. The molecular formula is C11H19N. The van der Waals surface area contributed by atoms with Gasteiger partial charge in [0.2, 0.25) is 0 Å². The lowest BCUT2D eigenvalue weighted by molar-refractivity contribution is 0.359. The second-order valence-electron chi connectivity index (χ2n) is 3.70. The number of hydrogen-bond acceptors (Lipinski definition) is 1. The van der Waals surface area contributed by atoms with Gasteiger partial charge in [-0.05, 0) is 25.8 Å². The van der Waals surface area contributed by atoms with Crippen molar-refractivity contribution in [1.29, 1.82) is 0 Å². The molecule has 68 valence electrons. The third-order valence-corrected chi connectivity index (χ3v) is 2.91. The van der Waals surface area contributed by atoms with E-state index in [1.165, 1.54) is 32.1 Å². The number of nitrogens with one attached hydrogen (secondary N) is 1. The van der Waals surface area contributed by atoms with E-state index in [0.717, 1.165) is 12.3 Å². The zero-order chi connectivity index (χ0) is 8.81. The Bertz CT molecular complexity index is 157. The standard InChI is InChI=1S/C11H19N/c1-3-7-10-8-5-4-6-9-11(10)12-2/h1,10-12H,4-9H2,2H3. The smallest absolute Gasteiger partial charge is 0.0129 e. The fourth-order valence-electron chi connectivity index (χ4n) is 2.16. The van der Waals surface area contributed by atoms with Gasteiger partial charge in [0.05, 0.1) is 0 Å². The maximum Gasteiger partial charge on any atom is 0.0129 e. The summed E-state index contributed by atoms with van der Waals surface area (Å²) in [7, 11) is 2.06. The van der Waals surface area contributed by atoms with Crippen molar-refractivity contribution in [2.45, 2.75) is 44.6 Å². The van der Waals surface area contributed by atoms with Crippen LogP contribution in [0.1, 0.15) is 38.5 Å². The lowest BCUT2D eigenvalue weighted by Crippen LogP contribution is -2.32. The van der Waals surface area contributed by atoms with Gasteiger partial charge in [0.15, 0.2) is 0 Å². The highest BCUT2D eigenvalue weighted by Crippen LogP contribution is 2.25. The third-order valence-electron chi connectivity index (χ3n) is 2.91. The summed E-state index contributed by atoms with van der Waals surface area (Å²) in [6.07, 6.45) is 13.0. The second-order valence-corrected chi connectivity index (χ2v) is 3.70. The van der Waals surface area contributed by atoms with E-state index in [9.17, 15) is 0 Å². The zero-order valence-corrected chi connectivity index (χ0v) is 7.97. The van der Waals surface area contributed by atoms with E-state index in [0.29, 0.717) is 6.04 Å². The molecule has 0 bridgehead atoms. The Morgan fingerprint density at radius 1 is 1.33 bits per heavy atom. The molecule has 1 N–H and O–H groups in total. The minimum absolute atomic E-state index is 0.670. The molecule has 1 aliphatic rings. The zero-order valence-electron chi connectivity index (χ0n) is 7.97. The van der Waals surface area contributed by atoms with Crippen LogP contribution in [0.5, 0.6) is 0 Å². The molecule has 0 aliphatic heterocycles. The molecule has 0 spiro atoms. The molecule has 12 heavy (non-hydrogen) atoms. The van der Waals surface area contributed by atoms with Crippen molar-refractivity contribution in [3.63, 3.8) is 0 Å². The molecule has 1 aliphatic carbocycles. The van der Waals surface area contributed by atoms with Crippen LogP contribution in [0.15, 0.2) is 0 Å². The minimum Gasteiger partial charge on any atom is -0.317 e. The molecule has 0 amide bonds. The molecule has 1 rings (SSSR count).